The van der Waals surface area contributed by atoms with E-state index in [0.29, 0.717) is 12.5 Å². The molecule has 1 fully saturated rings. The Bertz CT molecular complexity index is 499. The van der Waals surface area contributed by atoms with Crippen molar-refractivity contribution >= 4 is 5.91 Å². The van der Waals surface area contributed by atoms with E-state index in [0.717, 1.165) is 38.1 Å². The Labute approximate surface area is 124 Å². The topological polar surface area (TPSA) is 32.3 Å². The van der Waals surface area contributed by atoms with Gasteiger partial charge < -0.3 is 10.2 Å². The number of nitrogens with zero attached hydrogens (tertiary/aromatic N) is 1. The first-order chi connectivity index (χ1) is 9.99. The molecule has 0 atom stereocenters. The lowest BCUT2D eigenvalue weighted by Crippen LogP contribution is -2.43. The van der Waals surface area contributed by atoms with Crippen LogP contribution < -0.4 is 5.32 Å². The van der Waals surface area contributed by atoms with Gasteiger partial charge in [0.05, 0.1) is 0 Å². The van der Waals surface area contributed by atoms with E-state index in [2.05, 4.69) is 5.32 Å². The van der Waals surface area contributed by atoms with Crippen molar-refractivity contribution in [3.05, 3.63) is 35.4 Å². The number of hydrogen-bond donors (Lipinski definition) is 1. The normalized spacial score (nSPS) is 16.2. The third-order valence-corrected chi connectivity index (χ3v) is 3.96. The lowest BCUT2D eigenvalue weighted by molar-refractivity contribution is 0.0657. The summed E-state index contributed by atoms with van der Waals surface area (Å²) in [6.07, 6.45) is 2.07. The van der Waals surface area contributed by atoms with Gasteiger partial charge >= 0.3 is 0 Å². The quantitative estimate of drug-likeness (QED) is 0.926. The predicted octanol–water partition coefficient (Wildman–Crippen LogP) is 2.82. The van der Waals surface area contributed by atoms with Crippen molar-refractivity contribution in [2.24, 2.45) is 5.92 Å². The minimum absolute atomic E-state index is 0.0282. The first-order valence-electron chi connectivity index (χ1n) is 7.45. The Morgan fingerprint density at radius 1 is 1.29 bits per heavy atom. The molecular weight excluding hydrogens is 274 g/mol. The van der Waals surface area contributed by atoms with Gasteiger partial charge in [0, 0.05) is 18.2 Å². The van der Waals surface area contributed by atoms with Gasteiger partial charge in [-0.2, -0.15) is 0 Å². The van der Waals surface area contributed by atoms with E-state index < -0.39 is 11.6 Å². The van der Waals surface area contributed by atoms with Crippen LogP contribution in [0.3, 0.4) is 0 Å². The van der Waals surface area contributed by atoms with E-state index in [4.69, 9.17) is 0 Å². The van der Waals surface area contributed by atoms with Gasteiger partial charge in [0.15, 0.2) is 11.6 Å². The van der Waals surface area contributed by atoms with E-state index in [1.807, 2.05) is 13.8 Å². The molecule has 1 heterocycles. The molecule has 1 amide bonds. The fourth-order valence-electron chi connectivity index (χ4n) is 2.67. The highest BCUT2D eigenvalue weighted by atomic mass is 19.2. The van der Waals surface area contributed by atoms with Crippen molar-refractivity contribution < 1.29 is 13.6 Å². The second kappa shape index (κ2) is 6.98. The van der Waals surface area contributed by atoms with Crippen LogP contribution in [-0.4, -0.2) is 36.5 Å². The minimum Gasteiger partial charge on any atom is -0.336 e. The molecule has 21 heavy (non-hydrogen) atoms. The highest BCUT2D eigenvalue weighted by molar-refractivity contribution is 5.94. The molecule has 1 N–H and O–H groups in total. The molecule has 0 bridgehead atoms. The average molecular weight is 296 g/mol. The SMILES string of the molecule is CC(C)N(CC1CCNCC1)C(=O)c1ccc(F)c(F)c1. The number of carbonyl (C=O) groups is 1. The molecule has 2 rings (SSSR count). The molecule has 0 spiro atoms. The molecule has 1 aliphatic rings. The molecule has 1 saturated heterocycles. The smallest absolute Gasteiger partial charge is 0.254 e. The van der Waals surface area contributed by atoms with Crippen molar-refractivity contribution in [3.63, 3.8) is 0 Å². The molecule has 0 aliphatic carbocycles. The van der Waals surface area contributed by atoms with Gasteiger partial charge in [-0.3, -0.25) is 4.79 Å². The van der Waals surface area contributed by atoms with Crippen LogP contribution in [0.25, 0.3) is 0 Å². The van der Waals surface area contributed by atoms with Gasteiger partial charge in [-0.25, -0.2) is 8.78 Å². The minimum atomic E-state index is -0.980. The van der Waals surface area contributed by atoms with Crippen LogP contribution in [0, 0.1) is 17.6 Å². The molecule has 0 unspecified atom stereocenters. The zero-order valence-corrected chi connectivity index (χ0v) is 12.5. The molecule has 0 aromatic heterocycles. The van der Waals surface area contributed by atoms with Crippen molar-refractivity contribution in [2.75, 3.05) is 19.6 Å². The zero-order valence-electron chi connectivity index (χ0n) is 12.5. The summed E-state index contributed by atoms with van der Waals surface area (Å²) < 4.78 is 26.3. The third kappa shape index (κ3) is 4.00. The van der Waals surface area contributed by atoms with E-state index in [-0.39, 0.29) is 17.5 Å². The fourth-order valence-corrected chi connectivity index (χ4v) is 2.67. The van der Waals surface area contributed by atoms with E-state index in [1.165, 1.54) is 6.07 Å². The second-order valence-corrected chi connectivity index (χ2v) is 5.87. The summed E-state index contributed by atoms with van der Waals surface area (Å²) >= 11 is 0. The summed E-state index contributed by atoms with van der Waals surface area (Å²) in [5, 5.41) is 3.30. The molecule has 1 aromatic carbocycles. The molecule has 1 aromatic rings. The maximum atomic E-state index is 13.3. The number of carbonyl (C=O) groups excluding carboxylic acids is 1. The standard InChI is InChI=1S/C16H22F2N2O/c1-11(2)20(10-12-5-7-19-8-6-12)16(21)13-3-4-14(17)15(18)9-13/h3-4,9,11-12,19H,5-8,10H2,1-2H3. The van der Waals surface area contributed by atoms with Gasteiger partial charge in [0.2, 0.25) is 0 Å². The highest BCUT2D eigenvalue weighted by Gasteiger charge is 2.24. The monoisotopic (exact) mass is 296 g/mol. The van der Waals surface area contributed by atoms with Crippen LogP contribution in [0.15, 0.2) is 18.2 Å². The number of amides is 1. The summed E-state index contributed by atoms with van der Waals surface area (Å²) in [6, 6.07) is 3.36. The number of benzene rings is 1. The molecule has 3 nitrogen and oxygen atoms in total. The first kappa shape index (κ1) is 15.9. The second-order valence-electron chi connectivity index (χ2n) is 5.87. The van der Waals surface area contributed by atoms with Crippen molar-refractivity contribution in [2.45, 2.75) is 32.7 Å². The third-order valence-electron chi connectivity index (χ3n) is 3.96. The zero-order chi connectivity index (χ0) is 15.4. The maximum Gasteiger partial charge on any atom is 0.254 e. The number of hydrogen-bond acceptors (Lipinski definition) is 2. The molecule has 0 saturated carbocycles. The maximum absolute atomic E-state index is 13.3. The predicted molar refractivity (Wildman–Crippen MR) is 78.1 cm³/mol. The van der Waals surface area contributed by atoms with Crippen LogP contribution in [0.2, 0.25) is 0 Å². The summed E-state index contributed by atoms with van der Waals surface area (Å²) in [6.45, 7) is 6.49. The summed E-state index contributed by atoms with van der Waals surface area (Å²) in [7, 11) is 0. The van der Waals surface area contributed by atoms with Crippen molar-refractivity contribution in [1.29, 1.82) is 0 Å². The summed E-state index contributed by atoms with van der Waals surface area (Å²) in [4.78, 5) is 14.3. The van der Waals surface area contributed by atoms with Crippen LogP contribution in [0.4, 0.5) is 8.78 Å². The Hall–Kier alpha value is -1.49. The molecular formula is C16H22F2N2O. The first-order valence-corrected chi connectivity index (χ1v) is 7.45. The Kier molecular flexibility index (Phi) is 5.28. The lowest BCUT2D eigenvalue weighted by atomic mass is 9.96. The van der Waals surface area contributed by atoms with Gasteiger partial charge in [0.1, 0.15) is 0 Å². The van der Waals surface area contributed by atoms with Gasteiger partial charge in [-0.1, -0.05) is 0 Å². The van der Waals surface area contributed by atoms with E-state index >= 15 is 0 Å². The molecule has 5 heteroatoms. The number of halogens is 2. The number of piperidine rings is 1. The van der Waals surface area contributed by atoms with Crippen LogP contribution >= 0.6 is 0 Å². The van der Waals surface area contributed by atoms with E-state index in [1.54, 1.807) is 4.90 Å². The molecule has 116 valence electrons. The van der Waals surface area contributed by atoms with Crippen LogP contribution in [0.5, 0.6) is 0 Å². The Morgan fingerprint density at radius 2 is 1.95 bits per heavy atom. The van der Waals surface area contributed by atoms with Gasteiger partial charge in [0.25, 0.3) is 5.91 Å². The van der Waals surface area contributed by atoms with Crippen molar-refractivity contribution in [1.82, 2.24) is 10.2 Å². The van der Waals surface area contributed by atoms with Crippen LogP contribution in [-0.2, 0) is 0 Å². The van der Waals surface area contributed by atoms with Gasteiger partial charge in [-0.05, 0) is 63.9 Å². The van der Waals surface area contributed by atoms with Crippen molar-refractivity contribution in [3.8, 4) is 0 Å². The van der Waals surface area contributed by atoms with Gasteiger partial charge in [-0.15, -0.1) is 0 Å². The molecule has 0 radical (unpaired) electrons. The summed E-state index contributed by atoms with van der Waals surface area (Å²) in [5.41, 5.74) is 0.205. The largest absolute Gasteiger partial charge is 0.336 e. The number of rotatable bonds is 4. The van der Waals surface area contributed by atoms with E-state index in [9.17, 15) is 13.6 Å². The fraction of sp³-hybridized carbons (Fsp3) is 0.562. The number of nitrogens with one attached hydrogen (secondary N) is 1. The highest BCUT2D eigenvalue weighted by Crippen LogP contribution is 2.18. The Balaban J connectivity index is 2.12. The molecule has 1 aliphatic heterocycles. The van der Waals surface area contributed by atoms with Crippen LogP contribution in [0.1, 0.15) is 37.0 Å². The lowest BCUT2D eigenvalue weighted by Gasteiger charge is -2.33. The Morgan fingerprint density at radius 3 is 2.52 bits per heavy atom. The summed E-state index contributed by atoms with van der Waals surface area (Å²) in [5.74, 6) is -1.68. The average Bonchev–Trinajstić information content (AvgIpc) is 2.47.